The predicted molar refractivity (Wildman–Crippen MR) is 83.1 cm³/mol. The summed E-state index contributed by atoms with van der Waals surface area (Å²) in [6.07, 6.45) is -0.682. The molecule has 0 saturated heterocycles. The first-order chi connectivity index (χ1) is 10.5. The van der Waals surface area contributed by atoms with Crippen LogP contribution in [0.4, 0.5) is 10.5 Å². The Bertz CT molecular complexity index is 695. The van der Waals surface area contributed by atoms with E-state index in [1.165, 1.54) is 6.07 Å². The zero-order chi connectivity index (χ0) is 16.1. The van der Waals surface area contributed by atoms with E-state index in [0.29, 0.717) is 5.56 Å². The highest BCUT2D eigenvalue weighted by molar-refractivity contribution is 6.00. The molecule has 2 rings (SSSR count). The third kappa shape index (κ3) is 3.85. The van der Waals surface area contributed by atoms with Crippen molar-refractivity contribution in [3.8, 4) is 0 Å². The summed E-state index contributed by atoms with van der Waals surface area (Å²) in [4.78, 5) is 23.2. The minimum Gasteiger partial charge on any atom is -0.478 e. The second-order valence-electron chi connectivity index (χ2n) is 5.00. The van der Waals surface area contributed by atoms with Gasteiger partial charge in [0.05, 0.1) is 11.3 Å². The predicted octanol–water partition coefficient (Wildman–Crippen LogP) is 3.75. The minimum atomic E-state index is -1.09. The number of rotatable bonds is 4. The molecule has 0 heterocycles. The third-order valence-corrected chi connectivity index (χ3v) is 3.15. The highest BCUT2D eigenvalue weighted by atomic mass is 16.5. The molecule has 0 aromatic heterocycles. The number of aromatic carboxylic acids is 1. The van der Waals surface area contributed by atoms with Gasteiger partial charge in [0.2, 0.25) is 0 Å². The number of carboxylic acids is 1. The number of carbonyl (C=O) groups is 2. The van der Waals surface area contributed by atoms with Crippen molar-refractivity contribution in [3.63, 3.8) is 0 Å². The molecule has 0 unspecified atom stereocenters. The number of carbonyl (C=O) groups excluding carboxylic acids is 1. The minimum absolute atomic E-state index is 0.0501. The summed E-state index contributed by atoms with van der Waals surface area (Å²) in [5, 5.41) is 11.8. The molecule has 0 radical (unpaired) electrons. The van der Waals surface area contributed by atoms with Gasteiger partial charge in [-0.25, -0.2) is 9.59 Å². The van der Waals surface area contributed by atoms with E-state index >= 15 is 0 Å². The van der Waals surface area contributed by atoms with E-state index in [4.69, 9.17) is 4.74 Å². The first-order valence-electron chi connectivity index (χ1n) is 6.79. The molecule has 0 aliphatic heterocycles. The topological polar surface area (TPSA) is 75.6 Å². The number of ether oxygens (including phenoxy) is 1. The van der Waals surface area contributed by atoms with Gasteiger partial charge >= 0.3 is 12.1 Å². The van der Waals surface area contributed by atoms with Crippen LogP contribution in [0.1, 0.15) is 27.0 Å². The van der Waals surface area contributed by atoms with E-state index in [2.05, 4.69) is 5.32 Å². The van der Waals surface area contributed by atoms with Gasteiger partial charge in [-0.05, 0) is 36.6 Å². The van der Waals surface area contributed by atoms with E-state index < -0.39 is 12.1 Å². The maximum Gasteiger partial charge on any atom is 0.411 e. The van der Waals surface area contributed by atoms with Crippen LogP contribution in [0.15, 0.2) is 42.5 Å². The Morgan fingerprint density at radius 3 is 2.45 bits per heavy atom. The number of benzene rings is 2. The quantitative estimate of drug-likeness (QED) is 0.901. The number of aryl methyl sites for hydroxylation is 2. The Morgan fingerprint density at radius 1 is 1.14 bits per heavy atom. The standard InChI is InChI=1S/C17H17NO4/c1-11-8-12(2)15(14(9-11)16(19)20)18-17(21)22-10-13-6-4-3-5-7-13/h3-9H,10H2,1-2H3,(H,18,21)(H,19,20). The zero-order valence-corrected chi connectivity index (χ0v) is 12.4. The average molecular weight is 299 g/mol. The van der Waals surface area contributed by atoms with Crippen LogP contribution < -0.4 is 5.32 Å². The van der Waals surface area contributed by atoms with Gasteiger partial charge in [0.15, 0.2) is 0 Å². The lowest BCUT2D eigenvalue weighted by molar-refractivity contribution is 0.0698. The fourth-order valence-corrected chi connectivity index (χ4v) is 2.16. The van der Waals surface area contributed by atoms with Crippen LogP contribution in [0.2, 0.25) is 0 Å². The molecule has 0 aliphatic rings. The van der Waals surface area contributed by atoms with Crippen molar-refractivity contribution in [2.45, 2.75) is 20.5 Å². The van der Waals surface area contributed by atoms with Gasteiger partial charge in [-0.15, -0.1) is 0 Å². The van der Waals surface area contributed by atoms with Crippen molar-refractivity contribution in [3.05, 3.63) is 64.7 Å². The van der Waals surface area contributed by atoms with Crippen LogP contribution in [0.5, 0.6) is 0 Å². The fourth-order valence-electron chi connectivity index (χ4n) is 2.16. The van der Waals surface area contributed by atoms with Gasteiger partial charge < -0.3 is 9.84 Å². The number of hydrogen-bond donors (Lipinski definition) is 2. The van der Waals surface area contributed by atoms with Crippen molar-refractivity contribution in [1.82, 2.24) is 0 Å². The molecule has 0 aliphatic carbocycles. The van der Waals surface area contributed by atoms with Gasteiger partial charge in [-0.2, -0.15) is 0 Å². The van der Waals surface area contributed by atoms with Crippen LogP contribution >= 0.6 is 0 Å². The molecule has 114 valence electrons. The Labute approximate surface area is 128 Å². The lowest BCUT2D eigenvalue weighted by Crippen LogP contribution is -2.17. The van der Waals surface area contributed by atoms with Crippen molar-refractivity contribution in [2.75, 3.05) is 5.32 Å². The monoisotopic (exact) mass is 299 g/mol. The zero-order valence-electron chi connectivity index (χ0n) is 12.4. The summed E-state index contributed by atoms with van der Waals surface area (Å²) in [7, 11) is 0. The lowest BCUT2D eigenvalue weighted by Gasteiger charge is -2.13. The second kappa shape index (κ2) is 6.76. The Morgan fingerprint density at radius 2 is 1.82 bits per heavy atom. The second-order valence-corrected chi connectivity index (χ2v) is 5.00. The maximum atomic E-state index is 11.9. The lowest BCUT2D eigenvalue weighted by atomic mass is 10.0. The van der Waals surface area contributed by atoms with E-state index in [1.807, 2.05) is 30.3 Å². The summed E-state index contributed by atoms with van der Waals surface area (Å²) in [6, 6.07) is 12.6. The molecule has 2 aromatic carbocycles. The number of amides is 1. The molecule has 22 heavy (non-hydrogen) atoms. The number of anilines is 1. The summed E-state index contributed by atoms with van der Waals surface area (Å²) < 4.78 is 5.11. The SMILES string of the molecule is Cc1cc(C)c(NC(=O)OCc2ccccc2)c(C(=O)O)c1. The van der Waals surface area contributed by atoms with Gasteiger partial charge in [-0.1, -0.05) is 36.4 Å². The van der Waals surface area contributed by atoms with Gasteiger partial charge in [0.1, 0.15) is 6.61 Å². The largest absolute Gasteiger partial charge is 0.478 e. The van der Waals surface area contributed by atoms with Gasteiger partial charge in [-0.3, -0.25) is 5.32 Å². The van der Waals surface area contributed by atoms with Crippen molar-refractivity contribution >= 4 is 17.7 Å². The molecule has 1 amide bonds. The Hall–Kier alpha value is -2.82. The Kier molecular flexibility index (Phi) is 4.78. The fraction of sp³-hybridized carbons (Fsp3) is 0.176. The smallest absolute Gasteiger partial charge is 0.411 e. The van der Waals surface area contributed by atoms with Crippen molar-refractivity contribution < 1.29 is 19.4 Å². The third-order valence-electron chi connectivity index (χ3n) is 3.15. The van der Waals surface area contributed by atoms with E-state index in [-0.39, 0.29) is 17.9 Å². The van der Waals surface area contributed by atoms with Gasteiger partial charge in [0, 0.05) is 0 Å². The van der Waals surface area contributed by atoms with Crippen molar-refractivity contribution in [1.29, 1.82) is 0 Å². The van der Waals surface area contributed by atoms with Crippen LogP contribution in [0.25, 0.3) is 0 Å². The molecule has 0 atom stereocenters. The molecular weight excluding hydrogens is 282 g/mol. The van der Waals surface area contributed by atoms with E-state index in [0.717, 1.165) is 11.1 Å². The molecule has 0 saturated carbocycles. The van der Waals surface area contributed by atoms with E-state index in [9.17, 15) is 14.7 Å². The first-order valence-corrected chi connectivity index (χ1v) is 6.79. The average Bonchev–Trinajstić information content (AvgIpc) is 2.48. The molecule has 0 bridgehead atoms. The molecule has 0 spiro atoms. The molecule has 2 N–H and O–H groups in total. The van der Waals surface area contributed by atoms with Crippen LogP contribution in [0.3, 0.4) is 0 Å². The highest BCUT2D eigenvalue weighted by Gasteiger charge is 2.16. The molecule has 5 nitrogen and oxygen atoms in total. The summed E-state index contributed by atoms with van der Waals surface area (Å²) in [5.74, 6) is -1.09. The number of nitrogens with one attached hydrogen (secondary N) is 1. The summed E-state index contributed by atoms with van der Waals surface area (Å²) >= 11 is 0. The summed E-state index contributed by atoms with van der Waals surface area (Å²) in [6.45, 7) is 3.67. The van der Waals surface area contributed by atoms with Crippen molar-refractivity contribution in [2.24, 2.45) is 0 Å². The number of carboxylic acid groups (broad SMARTS) is 1. The normalized spacial score (nSPS) is 10.1. The van der Waals surface area contributed by atoms with Crippen LogP contribution in [0, 0.1) is 13.8 Å². The number of hydrogen-bond acceptors (Lipinski definition) is 3. The first kappa shape index (κ1) is 15.6. The highest BCUT2D eigenvalue weighted by Crippen LogP contribution is 2.23. The van der Waals surface area contributed by atoms with Crippen LogP contribution in [-0.2, 0) is 11.3 Å². The Balaban J connectivity index is 2.10. The molecular formula is C17H17NO4. The van der Waals surface area contributed by atoms with Gasteiger partial charge in [0.25, 0.3) is 0 Å². The summed E-state index contributed by atoms with van der Waals surface area (Å²) in [5.41, 5.74) is 2.66. The maximum absolute atomic E-state index is 11.9. The molecule has 5 heteroatoms. The molecule has 2 aromatic rings. The molecule has 0 fully saturated rings. The van der Waals surface area contributed by atoms with E-state index in [1.54, 1.807) is 19.9 Å². The van der Waals surface area contributed by atoms with Crippen LogP contribution in [-0.4, -0.2) is 17.2 Å².